The lowest BCUT2D eigenvalue weighted by atomic mass is 10.2. The quantitative estimate of drug-likeness (QED) is 0.559. The number of halogens is 3. The molecule has 0 aliphatic rings. The van der Waals surface area contributed by atoms with Crippen LogP contribution in [0.2, 0.25) is 0 Å². The van der Waals surface area contributed by atoms with E-state index >= 15 is 0 Å². The highest BCUT2D eigenvalue weighted by Gasteiger charge is 2.30. The summed E-state index contributed by atoms with van der Waals surface area (Å²) in [6, 6.07) is 15.4. The molecule has 0 heterocycles. The number of rotatable bonds is 5. The summed E-state index contributed by atoms with van der Waals surface area (Å²) >= 11 is 0. The SMILES string of the molecule is C#Cc1cccc(NC(=O)c2ccc(S(=O)(=O)Nc3cccc(C(F)(F)F)c3)cc2)c1. The Hall–Kier alpha value is -3.77. The maximum Gasteiger partial charge on any atom is 0.416 e. The molecule has 0 aromatic heterocycles. The largest absolute Gasteiger partial charge is 0.416 e. The van der Waals surface area contributed by atoms with Crippen LogP contribution in [0.15, 0.2) is 77.7 Å². The average molecular weight is 444 g/mol. The van der Waals surface area contributed by atoms with Gasteiger partial charge in [0.25, 0.3) is 15.9 Å². The number of carbonyl (C=O) groups excluding carboxylic acids is 1. The summed E-state index contributed by atoms with van der Waals surface area (Å²) < 4.78 is 65.5. The van der Waals surface area contributed by atoms with E-state index in [0.717, 1.165) is 12.1 Å². The molecule has 2 N–H and O–H groups in total. The molecule has 1 amide bonds. The van der Waals surface area contributed by atoms with Gasteiger partial charge in [0.2, 0.25) is 0 Å². The van der Waals surface area contributed by atoms with Crippen LogP contribution in [0, 0.1) is 12.3 Å². The first-order valence-electron chi connectivity index (χ1n) is 8.77. The highest BCUT2D eigenvalue weighted by molar-refractivity contribution is 7.92. The van der Waals surface area contributed by atoms with Crippen molar-refractivity contribution in [3.8, 4) is 12.3 Å². The van der Waals surface area contributed by atoms with Gasteiger partial charge in [0, 0.05) is 22.5 Å². The minimum Gasteiger partial charge on any atom is -0.322 e. The topological polar surface area (TPSA) is 75.3 Å². The van der Waals surface area contributed by atoms with E-state index in [4.69, 9.17) is 6.42 Å². The Morgan fingerprint density at radius 1 is 0.903 bits per heavy atom. The Balaban J connectivity index is 1.75. The predicted octanol–water partition coefficient (Wildman–Crippen LogP) is 4.74. The first-order valence-corrected chi connectivity index (χ1v) is 10.2. The molecule has 3 rings (SSSR count). The highest BCUT2D eigenvalue weighted by atomic mass is 32.2. The van der Waals surface area contributed by atoms with Crippen LogP contribution in [0.5, 0.6) is 0 Å². The zero-order chi connectivity index (χ0) is 22.6. The van der Waals surface area contributed by atoms with Crippen LogP contribution in [0.1, 0.15) is 21.5 Å². The number of benzene rings is 3. The summed E-state index contributed by atoms with van der Waals surface area (Å²) in [5.41, 5.74) is 0.0334. The summed E-state index contributed by atoms with van der Waals surface area (Å²) in [6.45, 7) is 0. The molecule has 0 saturated heterocycles. The van der Waals surface area contributed by atoms with E-state index < -0.39 is 27.7 Å². The van der Waals surface area contributed by atoms with E-state index in [9.17, 15) is 26.4 Å². The molecular formula is C22H15F3N2O3S. The molecule has 0 atom stereocenters. The minimum atomic E-state index is -4.60. The molecule has 158 valence electrons. The van der Waals surface area contributed by atoms with Crippen LogP contribution in [-0.2, 0) is 16.2 Å². The predicted molar refractivity (Wildman–Crippen MR) is 111 cm³/mol. The Morgan fingerprint density at radius 2 is 1.55 bits per heavy atom. The number of amides is 1. The van der Waals surface area contributed by atoms with Crippen LogP contribution < -0.4 is 10.0 Å². The lowest BCUT2D eigenvalue weighted by Gasteiger charge is -2.12. The molecule has 0 bridgehead atoms. The van der Waals surface area contributed by atoms with Crippen LogP contribution in [0.3, 0.4) is 0 Å². The minimum absolute atomic E-state index is 0.184. The molecular weight excluding hydrogens is 429 g/mol. The standard InChI is InChI=1S/C22H15F3N2O3S/c1-2-15-5-3-7-18(13-15)26-21(28)16-9-11-20(12-10-16)31(29,30)27-19-8-4-6-17(14-19)22(23,24)25/h1,3-14,27H,(H,26,28). The van der Waals surface area contributed by atoms with Crippen LogP contribution >= 0.6 is 0 Å². The fourth-order valence-electron chi connectivity index (χ4n) is 2.65. The van der Waals surface area contributed by atoms with E-state index in [2.05, 4.69) is 16.0 Å². The number of terminal acetylenes is 1. The van der Waals surface area contributed by atoms with Crippen molar-refractivity contribution in [3.63, 3.8) is 0 Å². The van der Waals surface area contributed by atoms with Crippen molar-refractivity contribution in [1.29, 1.82) is 0 Å². The highest BCUT2D eigenvalue weighted by Crippen LogP contribution is 2.31. The van der Waals surface area contributed by atoms with Crippen molar-refractivity contribution < 1.29 is 26.4 Å². The van der Waals surface area contributed by atoms with Gasteiger partial charge in [0.05, 0.1) is 10.5 Å². The van der Waals surface area contributed by atoms with Crippen LogP contribution in [0.4, 0.5) is 24.5 Å². The van der Waals surface area contributed by atoms with Gasteiger partial charge in [-0.1, -0.05) is 18.1 Å². The fourth-order valence-corrected chi connectivity index (χ4v) is 3.70. The summed E-state index contributed by atoms with van der Waals surface area (Å²) in [5.74, 6) is 1.97. The van der Waals surface area contributed by atoms with Crippen molar-refractivity contribution in [2.45, 2.75) is 11.1 Å². The second kappa shape index (κ2) is 8.53. The van der Waals surface area contributed by atoms with E-state index in [1.807, 2.05) is 0 Å². The van der Waals surface area contributed by atoms with Gasteiger partial charge in [-0.05, 0) is 60.7 Å². The Kier molecular flexibility index (Phi) is 6.04. The number of alkyl halides is 3. The Labute approximate surface area is 177 Å². The molecule has 0 saturated carbocycles. The molecule has 31 heavy (non-hydrogen) atoms. The molecule has 0 aliphatic carbocycles. The second-order valence-corrected chi connectivity index (χ2v) is 8.07. The summed E-state index contributed by atoms with van der Waals surface area (Å²) in [7, 11) is -4.16. The van der Waals surface area contributed by atoms with Gasteiger partial charge < -0.3 is 5.32 Å². The van der Waals surface area contributed by atoms with Crippen molar-refractivity contribution in [2.75, 3.05) is 10.0 Å². The van der Waals surface area contributed by atoms with E-state index in [1.165, 1.54) is 30.3 Å². The fraction of sp³-hybridized carbons (Fsp3) is 0.0455. The third-order valence-corrected chi connectivity index (χ3v) is 5.55. The monoisotopic (exact) mass is 444 g/mol. The molecule has 0 unspecified atom stereocenters. The van der Waals surface area contributed by atoms with Gasteiger partial charge >= 0.3 is 6.18 Å². The molecule has 9 heteroatoms. The van der Waals surface area contributed by atoms with Gasteiger partial charge in [0.15, 0.2) is 0 Å². The average Bonchev–Trinajstić information content (AvgIpc) is 2.73. The lowest BCUT2D eigenvalue weighted by Crippen LogP contribution is -2.15. The normalized spacial score (nSPS) is 11.4. The first kappa shape index (κ1) is 21.9. The third kappa shape index (κ3) is 5.43. The van der Waals surface area contributed by atoms with E-state index in [-0.39, 0.29) is 16.1 Å². The van der Waals surface area contributed by atoms with Crippen molar-refractivity contribution >= 4 is 27.3 Å². The van der Waals surface area contributed by atoms with Gasteiger partial charge in [-0.2, -0.15) is 13.2 Å². The number of anilines is 2. The lowest BCUT2D eigenvalue weighted by molar-refractivity contribution is -0.137. The zero-order valence-electron chi connectivity index (χ0n) is 15.8. The smallest absolute Gasteiger partial charge is 0.322 e. The van der Waals surface area contributed by atoms with Gasteiger partial charge in [-0.3, -0.25) is 9.52 Å². The van der Waals surface area contributed by atoms with Crippen molar-refractivity contribution in [1.82, 2.24) is 0 Å². The number of carbonyl (C=O) groups is 1. The zero-order valence-corrected chi connectivity index (χ0v) is 16.6. The molecule has 0 spiro atoms. The molecule has 0 aliphatic heterocycles. The first-order chi connectivity index (χ1) is 14.6. The van der Waals surface area contributed by atoms with Gasteiger partial charge in [-0.25, -0.2) is 8.42 Å². The maximum absolute atomic E-state index is 12.8. The second-order valence-electron chi connectivity index (χ2n) is 6.39. The number of hydrogen-bond acceptors (Lipinski definition) is 3. The van der Waals surface area contributed by atoms with E-state index in [0.29, 0.717) is 17.3 Å². The molecule has 5 nitrogen and oxygen atoms in total. The summed E-state index contributed by atoms with van der Waals surface area (Å²) in [4.78, 5) is 12.2. The van der Waals surface area contributed by atoms with Crippen LogP contribution in [-0.4, -0.2) is 14.3 Å². The Bertz CT molecular complexity index is 1260. The molecule has 3 aromatic carbocycles. The number of nitrogens with one attached hydrogen (secondary N) is 2. The molecule has 3 aromatic rings. The Morgan fingerprint density at radius 3 is 2.19 bits per heavy atom. The number of hydrogen-bond donors (Lipinski definition) is 2. The summed E-state index contributed by atoms with van der Waals surface area (Å²) in [6.07, 6.45) is 0.720. The van der Waals surface area contributed by atoms with Crippen molar-refractivity contribution in [3.05, 3.63) is 89.5 Å². The molecule has 0 radical (unpaired) electrons. The van der Waals surface area contributed by atoms with Crippen molar-refractivity contribution in [2.24, 2.45) is 0 Å². The van der Waals surface area contributed by atoms with Gasteiger partial charge in [-0.15, -0.1) is 6.42 Å². The number of sulfonamides is 1. The van der Waals surface area contributed by atoms with E-state index in [1.54, 1.807) is 24.3 Å². The van der Waals surface area contributed by atoms with Crippen LogP contribution in [0.25, 0.3) is 0 Å². The van der Waals surface area contributed by atoms with Gasteiger partial charge in [0.1, 0.15) is 0 Å². The maximum atomic E-state index is 12.8. The summed E-state index contributed by atoms with van der Waals surface area (Å²) in [5, 5.41) is 2.65. The third-order valence-electron chi connectivity index (χ3n) is 4.16. The molecule has 0 fully saturated rings.